The lowest BCUT2D eigenvalue weighted by Crippen LogP contribution is -2.03. The van der Waals surface area contributed by atoms with Gasteiger partial charge in [0.2, 0.25) is 0 Å². The van der Waals surface area contributed by atoms with Crippen LogP contribution in [0.5, 0.6) is 0 Å². The molecule has 0 heterocycles. The lowest BCUT2D eigenvalue weighted by atomic mass is 10.0. The van der Waals surface area contributed by atoms with E-state index in [1.165, 1.54) is 0 Å². The Hall–Kier alpha value is 0.140. The molecular weight excluding hydrogens is 331 g/mol. The van der Waals surface area contributed by atoms with Gasteiger partial charge in [0.25, 0.3) is 0 Å². The summed E-state index contributed by atoms with van der Waals surface area (Å²) in [5, 5.41) is 1.37. The number of ketones is 1. The molecule has 1 atom stereocenters. The van der Waals surface area contributed by atoms with Crippen molar-refractivity contribution in [3.05, 3.63) is 34.3 Å². The van der Waals surface area contributed by atoms with E-state index in [1.54, 1.807) is 6.92 Å². The lowest BCUT2D eigenvalue weighted by Gasteiger charge is -2.11. The summed E-state index contributed by atoms with van der Waals surface area (Å²) in [5.74, 6) is 0.0782. The van der Waals surface area contributed by atoms with Crippen LogP contribution in [-0.2, 0) is 10.1 Å². The third kappa shape index (κ3) is 2.81. The summed E-state index contributed by atoms with van der Waals surface area (Å²) >= 11 is 12.6. The van der Waals surface area contributed by atoms with E-state index in [1.807, 2.05) is 18.2 Å². The molecule has 0 spiro atoms. The van der Waals surface area contributed by atoms with Gasteiger partial charge in [-0.3, -0.25) is 4.79 Å². The highest BCUT2D eigenvalue weighted by atomic mass is 79.9. The molecule has 0 aromatic heterocycles. The van der Waals surface area contributed by atoms with Gasteiger partial charge in [0.05, 0.1) is 4.83 Å². The Kier molecular flexibility index (Phi) is 4.61. The maximum absolute atomic E-state index is 11.2. The second kappa shape index (κ2) is 5.29. The van der Waals surface area contributed by atoms with Gasteiger partial charge in [-0.25, -0.2) is 0 Å². The minimum atomic E-state index is -0.270. The molecule has 0 fully saturated rings. The molecule has 0 aliphatic heterocycles. The fourth-order valence-corrected chi connectivity index (χ4v) is 2.26. The molecule has 0 radical (unpaired) electrons. The number of halogens is 3. The van der Waals surface area contributed by atoms with Gasteiger partial charge in [-0.15, -0.1) is 0 Å². The zero-order valence-corrected chi connectivity index (χ0v) is 11.5. The Morgan fingerprint density at radius 3 is 2.71 bits per heavy atom. The van der Waals surface area contributed by atoms with Crippen molar-refractivity contribution in [2.45, 2.75) is 17.1 Å². The number of hydrogen-bond donors (Lipinski definition) is 0. The summed E-state index contributed by atoms with van der Waals surface area (Å²) < 4.78 is 0. The number of carbonyl (C=O) groups is 1. The zero-order chi connectivity index (χ0) is 10.7. The largest absolute Gasteiger partial charge is 0.298 e. The molecule has 1 aromatic rings. The van der Waals surface area contributed by atoms with E-state index in [-0.39, 0.29) is 10.6 Å². The average molecular weight is 340 g/mol. The van der Waals surface area contributed by atoms with Gasteiger partial charge < -0.3 is 0 Å². The molecule has 1 nitrogen and oxygen atoms in total. The first-order chi connectivity index (χ1) is 6.56. The Labute approximate surface area is 105 Å². The summed E-state index contributed by atoms with van der Waals surface area (Å²) in [4.78, 5) is 10.9. The van der Waals surface area contributed by atoms with Gasteiger partial charge in [0.15, 0.2) is 0 Å². The van der Waals surface area contributed by atoms with Crippen LogP contribution < -0.4 is 0 Å². The molecule has 0 N–H and O–H groups in total. The molecule has 0 aliphatic carbocycles. The quantitative estimate of drug-likeness (QED) is 0.752. The smallest absolute Gasteiger partial charge is 0.147 e. The van der Waals surface area contributed by atoms with E-state index in [4.69, 9.17) is 11.6 Å². The minimum Gasteiger partial charge on any atom is -0.298 e. The standard InChI is InChI=1S/C10H9Br2ClO/c1-6(14)10(12)9-4-8(13)3-2-7(9)5-11/h2-4,10H,5H2,1H3. The molecule has 0 saturated heterocycles. The normalized spacial score (nSPS) is 12.6. The summed E-state index contributed by atoms with van der Waals surface area (Å²) in [5.41, 5.74) is 2.01. The zero-order valence-electron chi connectivity index (χ0n) is 7.56. The van der Waals surface area contributed by atoms with E-state index in [2.05, 4.69) is 31.9 Å². The number of rotatable bonds is 3. The number of benzene rings is 1. The van der Waals surface area contributed by atoms with Crippen LogP contribution in [0.2, 0.25) is 5.02 Å². The van der Waals surface area contributed by atoms with E-state index in [9.17, 15) is 4.79 Å². The Morgan fingerprint density at radius 1 is 1.57 bits per heavy atom. The van der Waals surface area contributed by atoms with Crippen LogP contribution in [0.1, 0.15) is 22.9 Å². The number of alkyl halides is 2. The van der Waals surface area contributed by atoms with Gasteiger partial charge in [0.1, 0.15) is 5.78 Å². The van der Waals surface area contributed by atoms with E-state index in [0.29, 0.717) is 5.02 Å². The predicted molar refractivity (Wildman–Crippen MR) is 66.4 cm³/mol. The molecule has 1 aromatic carbocycles. The number of Topliss-reactive ketones (excluding diaryl/α,β-unsaturated/α-hetero) is 1. The SMILES string of the molecule is CC(=O)C(Br)c1cc(Cl)ccc1CBr. The van der Waals surface area contributed by atoms with Crippen LogP contribution in [0, 0.1) is 0 Å². The second-order valence-electron chi connectivity index (χ2n) is 2.95. The maximum atomic E-state index is 11.2. The molecule has 0 aliphatic rings. The van der Waals surface area contributed by atoms with Gasteiger partial charge >= 0.3 is 0 Å². The van der Waals surface area contributed by atoms with Gasteiger partial charge in [0, 0.05) is 10.4 Å². The highest BCUT2D eigenvalue weighted by molar-refractivity contribution is 9.09. The Morgan fingerprint density at radius 2 is 2.21 bits per heavy atom. The molecule has 4 heteroatoms. The average Bonchev–Trinajstić information content (AvgIpc) is 2.16. The molecule has 0 saturated carbocycles. The Bertz CT molecular complexity index is 352. The van der Waals surface area contributed by atoms with E-state index in [0.717, 1.165) is 16.5 Å². The lowest BCUT2D eigenvalue weighted by molar-refractivity contribution is -0.116. The van der Waals surface area contributed by atoms with Crippen LogP contribution in [0.25, 0.3) is 0 Å². The molecule has 1 rings (SSSR count). The summed E-state index contributed by atoms with van der Waals surface area (Å²) in [6, 6.07) is 5.56. The molecule has 1 unspecified atom stereocenters. The van der Waals surface area contributed by atoms with Gasteiger partial charge in [-0.1, -0.05) is 49.5 Å². The van der Waals surface area contributed by atoms with E-state index >= 15 is 0 Å². The van der Waals surface area contributed by atoms with Crippen LogP contribution >= 0.6 is 43.5 Å². The summed E-state index contributed by atoms with van der Waals surface area (Å²) in [7, 11) is 0. The highest BCUT2D eigenvalue weighted by Crippen LogP contribution is 2.30. The first kappa shape index (κ1) is 12.2. The maximum Gasteiger partial charge on any atom is 0.147 e. The fraction of sp³-hybridized carbons (Fsp3) is 0.300. The highest BCUT2D eigenvalue weighted by Gasteiger charge is 2.16. The van der Waals surface area contributed by atoms with Crippen molar-refractivity contribution in [1.29, 1.82) is 0 Å². The van der Waals surface area contributed by atoms with Gasteiger partial charge in [-0.05, 0) is 30.2 Å². The monoisotopic (exact) mass is 338 g/mol. The van der Waals surface area contributed by atoms with Crippen molar-refractivity contribution in [1.82, 2.24) is 0 Å². The van der Waals surface area contributed by atoms with Crippen molar-refractivity contribution in [3.63, 3.8) is 0 Å². The van der Waals surface area contributed by atoms with Crippen LogP contribution in [0.4, 0.5) is 0 Å². The molecule has 0 bridgehead atoms. The van der Waals surface area contributed by atoms with Crippen molar-refractivity contribution in [3.8, 4) is 0 Å². The summed E-state index contributed by atoms with van der Waals surface area (Å²) in [6.07, 6.45) is 0. The first-order valence-corrected chi connectivity index (χ1v) is 6.46. The first-order valence-electron chi connectivity index (χ1n) is 4.05. The third-order valence-electron chi connectivity index (χ3n) is 1.88. The van der Waals surface area contributed by atoms with Crippen LogP contribution in [-0.4, -0.2) is 5.78 Å². The van der Waals surface area contributed by atoms with E-state index < -0.39 is 0 Å². The topological polar surface area (TPSA) is 17.1 Å². The minimum absolute atomic E-state index is 0.0782. The molecule has 14 heavy (non-hydrogen) atoms. The summed E-state index contributed by atoms with van der Waals surface area (Å²) in [6.45, 7) is 1.55. The predicted octanol–water partition coefficient (Wildman–Crippen LogP) is 4.26. The molecular formula is C10H9Br2ClO. The van der Waals surface area contributed by atoms with Crippen molar-refractivity contribution in [2.24, 2.45) is 0 Å². The van der Waals surface area contributed by atoms with Crippen LogP contribution in [0.15, 0.2) is 18.2 Å². The number of carbonyl (C=O) groups excluding carboxylic acids is 1. The fourth-order valence-electron chi connectivity index (χ4n) is 1.14. The second-order valence-corrected chi connectivity index (χ2v) is 4.86. The van der Waals surface area contributed by atoms with Crippen molar-refractivity contribution in [2.75, 3.05) is 0 Å². The van der Waals surface area contributed by atoms with Crippen molar-refractivity contribution < 1.29 is 4.79 Å². The molecule has 0 amide bonds. The van der Waals surface area contributed by atoms with Crippen molar-refractivity contribution >= 4 is 49.2 Å². The number of hydrogen-bond acceptors (Lipinski definition) is 1. The van der Waals surface area contributed by atoms with Crippen LogP contribution in [0.3, 0.4) is 0 Å². The Balaban J connectivity index is 3.16. The third-order valence-corrected chi connectivity index (χ3v) is 3.86. The molecule has 76 valence electrons. The van der Waals surface area contributed by atoms with Gasteiger partial charge in [-0.2, -0.15) is 0 Å².